The van der Waals surface area contributed by atoms with E-state index in [1.807, 2.05) is 32.0 Å². The second-order valence-electron chi connectivity index (χ2n) is 4.83. The molecule has 0 radical (unpaired) electrons. The summed E-state index contributed by atoms with van der Waals surface area (Å²) in [5, 5.41) is 0. The molecule has 5 heteroatoms. The molecule has 0 atom stereocenters. The van der Waals surface area contributed by atoms with Gasteiger partial charge in [0.2, 0.25) is 0 Å². The number of ether oxygens (including phenoxy) is 3. The standard InChI is InChI=1S/C16H24N2O3/c1-4-7-11-19-13-10-8-9-12-14(13)15(17)18-16(12,20-5-2)21-6-3/h8-10H,4-7,11H2,1-3H3,(H2,17,18). The van der Waals surface area contributed by atoms with E-state index in [1.54, 1.807) is 0 Å². The second kappa shape index (κ2) is 6.91. The summed E-state index contributed by atoms with van der Waals surface area (Å²) in [7, 11) is 0. The third-order valence-corrected chi connectivity index (χ3v) is 3.33. The van der Waals surface area contributed by atoms with Gasteiger partial charge in [-0.1, -0.05) is 25.5 Å². The van der Waals surface area contributed by atoms with E-state index in [9.17, 15) is 0 Å². The summed E-state index contributed by atoms with van der Waals surface area (Å²) < 4.78 is 17.4. The zero-order valence-corrected chi connectivity index (χ0v) is 13.0. The highest BCUT2D eigenvalue weighted by Crippen LogP contribution is 2.40. The van der Waals surface area contributed by atoms with Crippen molar-refractivity contribution in [2.45, 2.75) is 39.5 Å². The van der Waals surface area contributed by atoms with Crippen LogP contribution < -0.4 is 10.5 Å². The van der Waals surface area contributed by atoms with E-state index >= 15 is 0 Å². The Morgan fingerprint density at radius 1 is 1.14 bits per heavy atom. The van der Waals surface area contributed by atoms with Gasteiger partial charge in [-0.3, -0.25) is 0 Å². The summed E-state index contributed by atoms with van der Waals surface area (Å²) in [4.78, 5) is 4.43. The van der Waals surface area contributed by atoms with Gasteiger partial charge in [0.1, 0.15) is 11.6 Å². The third kappa shape index (κ3) is 3.04. The number of nitrogens with zero attached hydrogens (tertiary/aromatic N) is 1. The van der Waals surface area contributed by atoms with Crippen molar-refractivity contribution >= 4 is 5.84 Å². The fourth-order valence-electron chi connectivity index (χ4n) is 2.43. The number of aliphatic imine (C=N–C) groups is 1. The Morgan fingerprint density at radius 3 is 2.48 bits per heavy atom. The highest BCUT2D eigenvalue weighted by Gasteiger charge is 2.43. The molecule has 21 heavy (non-hydrogen) atoms. The minimum absolute atomic E-state index is 0.402. The van der Waals surface area contributed by atoms with Crippen molar-refractivity contribution in [2.75, 3.05) is 19.8 Å². The molecule has 0 amide bonds. The number of unbranched alkanes of at least 4 members (excludes halogenated alkanes) is 1. The van der Waals surface area contributed by atoms with Crippen LogP contribution in [0, 0.1) is 0 Å². The average Bonchev–Trinajstić information content (AvgIpc) is 2.74. The van der Waals surface area contributed by atoms with Gasteiger partial charge in [0.15, 0.2) is 0 Å². The molecule has 1 heterocycles. The van der Waals surface area contributed by atoms with E-state index < -0.39 is 5.91 Å². The summed E-state index contributed by atoms with van der Waals surface area (Å²) in [6.07, 6.45) is 2.09. The Morgan fingerprint density at radius 2 is 1.86 bits per heavy atom. The minimum atomic E-state index is -1.13. The Kier molecular flexibility index (Phi) is 5.20. The van der Waals surface area contributed by atoms with Crippen molar-refractivity contribution in [1.29, 1.82) is 0 Å². The van der Waals surface area contributed by atoms with Crippen LogP contribution in [-0.4, -0.2) is 25.7 Å². The number of benzene rings is 1. The zero-order valence-electron chi connectivity index (χ0n) is 13.0. The van der Waals surface area contributed by atoms with E-state index in [4.69, 9.17) is 19.9 Å². The minimum Gasteiger partial charge on any atom is -0.493 e. The van der Waals surface area contributed by atoms with Crippen molar-refractivity contribution in [3.63, 3.8) is 0 Å². The van der Waals surface area contributed by atoms with Crippen LogP contribution in [0.2, 0.25) is 0 Å². The molecule has 5 nitrogen and oxygen atoms in total. The van der Waals surface area contributed by atoms with Crippen molar-refractivity contribution in [1.82, 2.24) is 0 Å². The Balaban J connectivity index is 2.38. The molecule has 0 saturated carbocycles. The lowest BCUT2D eigenvalue weighted by Crippen LogP contribution is -2.29. The van der Waals surface area contributed by atoms with Crippen LogP contribution in [0.5, 0.6) is 5.75 Å². The first kappa shape index (κ1) is 15.8. The molecule has 0 fully saturated rings. The molecule has 0 unspecified atom stereocenters. The van der Waals surface area contributed by atoms with Crippen LogP contribution in [-0.2, 0) is 15.4 Å². The highest BCUT2D eigenvalue weighted by molar-refractivity contribution is 6.04. The first-order chi connectivity index (χ1) is 10.2. The van der Waals surface area contributed by atoms with E-state index in [0.29, 0.717) is 25.7 Å². The smallest absolute Gasteiger partial charge is 0.300 e. The maximum absolute atomic E-state index is 6.10. The SMILES string of the molecule is CCCCOc1cccc2c1C(N)=NC2(OCC)OCC. The lowest BCUT2D eigenvalue weighted by atomic mass is 10.1. The molecular formula is C16H24N2O3. The molecule has 2 rings (SSSR count). The number of rotatable bonds is 8. The normalized spacial score (nSPS) is 15.7. The van der Waals surface area contributed by atoms with Crippen LogP contribution in [0.25, 0.3) is 0 Å². The second-order valence-corrected chi connectivity index (χ2v) is 4.83. The van der Waals surface area contributed by atoms with Crippen molar-refractivity contribution in [2.24, 2.45) is 10.7 Å². The molecule has 1 aromatic rings. The Bertz CT molecular complexity index is 508. The molecule has 1 aliphatic heterocycles. The highest BCUT2D eigenvalue weighted by atomic mass is 16.7. The molecule has 0 aromatic heterocycles. The number of nitrogens with two attached hydrogens (primary N) is 1. The Labute approximate surface area is 126 Å². The fourth-order valence-corrected chi connectivity index (χ4v) is 2.43. The van der Waals surface area contributed by atoms with Crippen molar-refractivity contribution < 1.29 is 14.2 Å². The predicted molar refractivity (Wildman–Crippen MR) is 82.5 cm³/mol. The molecule has 1 aliphatic rings. The average molecular weight is 292 g/mol. The van der Waals surface area contributed by atoms with Gasteiger partial charge in [0.05, 0.1) is 17.7 Å². The fraction of sp³-hybridized carbons (Fsp3) is 0.562. The maximum atomic E-state index is 6.10. The van der Waals surface area contributed by atoms with Gasteiger partial charge in [-0.15, -0.1) is 0 Å². The number of hydrogen-bond acceptors (Lipinski definition) is 5. The lowest BCUT2D eigenvalue weighted by Gasteiger charge is -2.26. The summed E-state index contributed by atoms with van der Waals surface area (Å²) in [6, 6.07) is 5.75. The van der Waals surface area contributed by atoms with E-state index in [2.05, 4.69) is 11.9 Å². The van der Waals surface area contributed by atoms with E-state index in [0.717, 1.165) is 29.7 Å². The van der Waals surface area contributed by atoms with Crippen LogP contribution in [0.1, 0.15) is 44.7 Å². The number of fused-ring (bicyclic) bond motifs is 1. The molecule has 0 aliphatic carbocycles. The number of hydrogen-bond donors (Lipinski definition) is 1. The molecule has 1 aromatic carbocycles. The molecule has 0 spiro atoms. The van der Waals surface area contributed by atoms with Gasteiger partial charge >= 0.3 is 5.91 Å². The molecule has 2 N–H and O–H groups in total. The molecule has 0 bridgehead atoms. The van der Waals surface area contributed by atoms with Crippen molar-refractivity contribution in [3.8, 4) is 5.75 Å². The lowest BCUT2D eigenvalue weighted by molar-refractivity contribution is -0.234. The largest absolute Gasteiger partial charge is 0.493 e. The zero-order chi connectivity index (χ0) is 15.3. The van der Waals surface area contributed by atoms with E-state index in [-0.39, 0.29) is 0 Å². The molecule has 116 valence electrons. The van der Waals surface area contributed by atoms with E-state index in [1.165, 1.54) is 0 Å². The van der Waals surface area contributed by atoms with Gasteiger partial charge in [0, 0.05) is 13.2 Å². The molecular weight excluding hydrogens is 268 g/mol. The summed E-state index contributed by atoms with van der Waals surface area (Å²) in [5.74, 6) is 0.00928. The van der Waals surface area contributed by atoms with Crippen molar-refractivity contribution in [3.05, 3.63) is 29.3 Å². The van der Waals surface area contributed by atoms with Crippen LogP contribution in [0.15, 0.2) is 23.2 Å². The van der Waals surface area contributed by atoms with Gasteiger partial charge in [-0.2, -0.15) is 0 Å². The third-order valence-electron chi connectivity index (χ3n) is 3.33. The van der Waals surface area contributed by atoms with Crippen LogP contribution >= 0.6 is 0 Å². The van der Waals surface area contributed by atoms with Gasteiger partial charge < -0.3 is 19.9 Å². The number of amidine groups is 1. The predicted octanol–water partition coefficient (Wildman–Crippen LogP) is 2.77. The maximum Gasteiger partial charge on any atom is 0.300 e. The quantitative estimate of drug-likeness (QED) is 0.591. The molecule has 0 saturated heterocycles. The first-order valence-electron chi connectivity index (χ1n) is 7.58. The summed E-state index contributed by atoms with van der Waals surface area (Å²) in [5.41, 5.74) is 7.70. The first-order valence-corrected chi connectivity index (χ1v) is 7.58. The van der Waals surface area contributed by atoms with Gasteiger partial charge in [-0.25, -0.2) is 4.99 Å². The Hall–Kier alpha value is -1.59. The van der Waals surface area contributed by atoms with Gasteiger partial charge in [-0.05, 0) is 26.3 Å². The summed E-state index contributed by atoms with van der Waals surface area (Å²) >= 11 is 0. The summed E-state index contributed by atoms with van der Waals surface area (Å²) in [6.45, 7) is 7.58. The topological polar surface area (TPSA) is 66.1 Å². The monoisotopic (exact) mass is 292 g/mol. The van der Waals surface area contributed by atoms with Crippen LogP contribution in [0.4, 0.5) is 0 Å². The van der Waals surface area contributed by atoms with Gasteiger partial charge in [0.25, 0.3) is 0 Å². The van der Waals surface area contributed by atoms with Crippen LogP contribution in [0.3, 0.4) is 0 Å².